The zero-order chi connectivity index (χ0) is 15.2. The summed E-state index contributed by atoms with van der Waals surface area (Å²) in [7, 11) is 0. The summed E-state index contributed by atoms with van der Waals surface area (Å²) in [6.45, 7) is -0.205. The maximum Gasteiger partial charge on any atom is 0.275 e. The summed E-state index contributed by atoms with van der Waals surface area (Å²) in [4.78, 5) is 30.1. The van der Waals surface area contributed by atoms with Crippen LogP contribution in [0.1, 0.15) is 10.5 Å². The van der Waals surface area contributed by atoms with Crippen LogP contribution in [0.25, 0.3) is 0 Å². The average Bonchev–Trinajstić information content (AvgIpc) is 2.46. The highest BCUT2D eigenvalue weighted by atomic mass is 35.5. The smallest absolute Gasteiger partial charge is 0.275 e. The maximum absolute atomic E-state index is 11.9. The van der Waals surface area contributed by atoms with Gasteiger partial charge in [0.1, 0.15) is 16.6 Å². The van der Waals surface area contributed by atoms with Crippen LogP contribution in [0.2, 0.25) is 5.15 Å². The van der Waals surface area contributed by atoms with Crippen molar-refractivity contribution in [3.8, 4) is 5.75 Å². The fourth-order valence-electron chi connectivity index (χ4n) is 1.44. The number of hydrogen-bond acceptors (Lipinski definition) is 5. The minimum absolute atomic E-state index is 0.108. The number of ether oxygens (including phenoxy) is 1. The van der Waals surface area contributed by atoms with Crippen molar-refractivity contribution in [2.24, 2.45) is 5.73 Å². The SMILES string of the molecule is NC(=O)COc1ccc(NC(=O)c2cncc(Cl)n2)cc1. The van der Waals surface area contributed by atoms with Gasteiger partial charge in [-0.25, -0.2) is 4.98 Å². The Morgan fingerprint density at radius 3 is 2.57 bits per heavy atom. The predicted octanol–water partition coefficient (Wildman–Crippen LogP) is 1.25. The fourth-order valence-corrected chi connectivity index (χ4v) is 1.58. The lowest BCUT2D eigenvalue weighted by Gasteiger charge is -2.07. The summed E-state index contributed by atoms with van der Waals surface area (Å²) in [6.07, 6.45) is 2.65. The van der Waals surface area contributed by atoms with Crippen LogP contribution in [0.5, 0.6) is 5.75 Å². The van der Waals surface area contributed by atoms with Crippen LogP contribution >= 0.6 is 11.6 Å². The molecule has 0 aliphatic heterocycles. The minimum atomic E-state index is -0.563. The topological polar surface area (TPSA) is 107 Å². The van der Waals surface area contributed by atoms with E-state index < -0.39 is 11.8 Å². The quantitative estimate of drug-likeness (QED) is 0.864. The molecule has 3 N–H and O–H groups in total. The monoisotopic (exact) mass is 306 g/mol. The van der Waals surface area contributed by atoms with Crippen molar-refractivity contribution in [1.29, 1.82) is 0 Å². The van der Waals surface area contributed by atoms with Crippen molar-refractivity contribution in [2.45, 2.75) is 0 Å². The third kappa shape index (κ3) is 4.43. The normalized spacial score (nSPS) is 9.95. The number of primary amides is 1. The van der Waals surface area contributed by atoms with Gasteiger partial charge in [0.2, 0.25) is 0 Å². The lowest BCUT2D eigenvalue weighted by Crippen LogP contribution is -2.20. The molecule has 2 amide bonds. The van der Waals surface area contributed by atoms with E-state index in [1.807, 2.05) is 0 Å². The van der Waals surface area contributed by atoms with Crippen molar-refractivity contribution >= 4 is 29.1 Å². The van der Waals surface area contributed by atoms with E-state index in [2.05, 4.69) is 15.3 Å². The van der Waals surface area contributed by atoms with Crippen molar-refractivity contribution in [2.75, 3.05) is 11.9 Å². The van der Waals surface area contributed by atoms with Crippen LogP contribution in [0.3, 0.4) is 0 Å². The van der Waals surface area contributed by atoms with Crippen molar-refractivity contribution in [3.63, 3.8) is 0 Å². The fraction of sp³-hybridized carbons (Fsp3) is 0.0769. The molecule has 0 saturated carbocycles. The van der Waals surface area contributed by atoms with E-state index in [0.717, 1.165) is 0 Å². The molecule has 1 heterocycles. The number of anilines is 1. The van der Waals surface area contributed by atoms with E-state index in [4.69, 9.17) is 22.1 Å². The van der Waals surface area contributed by atoms with Gasteiger partial charge in [-0.3, -0.25) is 14.6 Å². The number of halogens is 1. The number of rotatable bonds is 5. The van der Waals surface area contributed by atoms with Crippen LogP contribution in [-0.2, 0) is 4.79 Å². The molecule has 7 nitrogen and oxygen atoms in total. The standard InChI is InChI=1S/C13H11ClN4O3/c14-11-6-16-5-10(18-11)13(20)17-8-1-3-9(4-2-8)21-7-12(15)19/h1-6H,7H2,(H2,15,19)(H,17,20). The molecule has 0 radical (unpaired) electrons. The number of nitrogens with one attached hydrogen (secondary N) is 1. The van der Waals surface area contributed by atoms with Gasteiger partial charge < -0.3 is 15.8 Å². The molecule has 0 spiro atoms. The zero-order valence-corrected chi connectivity index (χ0v) is 11.5. The second-order valence-corrected chi connectivity index (χ2v) is 4.35. The third-order valence-corrected chi connectivity index (χ3v) is 2.51. The molecule has 2 rings (SSSR count). The molecule has 1 aromatic heterocycles. The zero-order valence-electron chi connectivity index (χ0n) is 10.7. The summed E-state index contributed by atoms with van der Waals surface area (Å²) < 4.78 is 5.10. The molecule has 8 heteroatoms. The van der Waals surface area contributed by atoms with Crippen LogP contribution in [0.4, 0.5) is 5.69 Å². The molecule has 108 valence electrons. The highest BCUT2D eigenvalue weighted by Gasteiger charge is 2.09. The third-order valence-electron chi connectivity index (χ3n) is 2.33. The number of hydrogen-bond donors (Lipinski definition) is 2. The van der Waals surface area contributed by atoms with Crippen molar-refractivity contribution in [1.82, 2.24) is 9.97 Å². The van der Waals surface area contributed by atoms with Gasteiger partial charge in [-0.1, -0.05) is 11.6 Å². The summed E-state index contributed by atoms with van der Waals surface area (Å²) in [5.41, 5.74) is 5.61. The Morgan fingerprint density at radius 2 is 1.95 bits per heavy atom. The highest BCUT2D eigenvalue weighted by Crippen LogP contribution is 2.16. The molecule has 0 saturated heterocycles. The van der Waals surface area contributed by atoms with E-state index in [1.165, 1.54) is 12.4 Å². The number of nitrogens with two attached hydrogens (primary N) is 1. The Labute approximate surface area is 125 Å². The second-order valence-electron chi connectivity index (χ2n) is 3.96. The van der Waals surface area contributed by atoms with E-state index in [0.29, 0.717) is 11.4 Å². The molecule has 0 aliphatic carbocycles. The summed E-state index contributed by atoms with van der Waals surface area (Å²) in [6, 6.07) is 6.43. The van der Waals surface area contributed by atoms with Crippen molar-refractivity contribution in [3.05, 3.63) is 47.5 Å². The average molecular weight is 307 g/mol. The lowest BCUT2D eigenvalue weighted by molar-refractivity contribution is -0.119. The molecule has 1 aromatic carbocycles. The lowest BCUT2D eigenvalue weighted by atomic mass is 10.3. The Balaban J connectivity index is 2.00. The first-order valence-electron chi connectivity index (χ1n) is 5.84. The number of carbonyl (C=O) groups excluding carboxylic acids is 2. The predicted molar refractivity (Wildman–Crippen MR) is 76.1 cm³/mol. The number of amides is 2. The molecule has 0 unspecified atom stereocenters. The van der Waals surface area contributed by atoms with Gasteiger partial charge in [-0.2, -0.15) is 0 Å². The molecule has 0 aliphatic rings. The Hall–Kier alpha value is -2.67. The molecule has 2 aromatic rings. The van der Waals surface area contributed by atoms with E-state index in [-0.39, 0.29) is 17.5 Å². The van der Waals surface area contributed by atoms with Crippen LogP contribution in [0.15, 0.2) is 36.7 Å². The molecule has 0 fully saturated rings. The summed E-state index contributed by atoms with van der Waals surface area (Å²) in [5, 5.41) is 2.77. The highest BCUT2D eigenvalue weighted by molar-refractivity contribution is 6.29. The van der Waals surface area contributed by atoms with Crippen LogP contribution in [0, 0.1) is 0 Å². The van der Waals surface area contributed by atoms with Gasteiger partial charge in [-0.05, 0) is 24.3 Å². The van der Waals surface area contributed by atoms with Gasteiger partial charge in [0, 0.05) is 5.69 Å². The Kier molecular flexibility index (Phi) is 4.68. The molecule has 0 atom stereocenters. The van der Waals surface area contributed by atoms with Crippen molar-refractivity contribution < 1.29 is 14.3 Å². The van der Waals surface area contributed by atoms with E-state index in [9.17, 15) is 9.59 Å². The molecule has 21 heavy (non-hydrogen) atoms. The summed E-state index contributed by atoms with van der Waals surface area (Å²) >= 11 is 5.67. The van der Waals surface area contributed by atoms with E-state index >= 15 is 0 Å². The Morgan fingerprint density at radius 1 is 1.24 bits per heavy atom. The number of benzene rings is 1. The largest absolute Gasteiger partial charge is 0.484 e. The van der Waals surface area contributed by atoms with Gasteiger partial charge in [-0.15, -0.1) is 0 Å². The first kappa shape index (κ1) is 14.7. The molecular weight excluding hydrogens is 296 g/mol. The first-order chi connectivity index (χ1) is 10.0. The minimum Gasteiger partial charge on any atom is -0.484 e. The Bertz CT molecular complexity index is 661. The number of aromatic nitrogens is 2. The molecular formula is C13H11ClN4O3. The van der Waals surface area contributed by atoms with Gasteiger partial charge in [0.25, 0.3) is 11.8 Å². The second kappa shape index (κ2) is 6.67. The van der Waals surface area contributed by atoms with E-state index in [1.54, 1.807) is 24.3 Å². The van der Waals surface area contributed by atoms with Crippen LogP contribution in [-0.4, -0.2) is 28.4 Å². The van der Waals surface area contributed by atoms with Gasteiger partial charge in [0.15, 0.2) is 6.61 Å². The van der Waals surface area contributed by atoms with Gasteiger partial charge >= 0.3 is 0 Å². The number of carbonyl (C=O) groups is 2. The van der Waals surface area contributed by atoms with Gasteiger partial charge in [0.05, 0.1) is 12.4 Å². The molecule has 0 bridgehead atoms. The maximum atomic E-state index is 11.9. The number of nitrogens with zero attached hydrogens (tertiary/aromatic N) is 2. The summed E-state index contributed by atoms with van der Waals surface area (Å²) in [5.74, 6) is -0.530. The van der Waals surface area contributed by atoms with Crippen LogP contribution < -0.4 is 15.8 Å². The first-order valence-corrected chi connectivity index (χ1v) is 6.22.